The second kappa shape index (κ2) is 7.26. The minimum absolute atomic E-state index is 0.0994. The van der Waals surface area contributed by atoms with Crippen LogP contribution in [-0.4, -0.2) is 31.9 Å². The normalized spacial score (nSPS) is 13.4. The second-order valence-electron chi connectivity index (χ2n) is 7.51. The van der Waals surface area contributed by atoms with E-state index < -0.39 is 0 Å². The molecule has 7 heteroatoms. The van der Waals surface area contributed by atoms with Gasteiger partial charge in [0.25, 0.3) is 11.5 Å². The first-order valence-corrected chi connectivity index (χ1v) is 9.84. The molecule has 0 atom stereocenters. The van der Waals surface area contributed by atoms with Gasteiger partial charge in [0.1, 0.15) is 11.5 Å². The number of carbonyl (C=O) groups is 1. The Morgan fingerprint density at radius 3 is 2.83 bits per heavy atom. The molecule has 0 N–H and O–H groups in total. The van der Waals surface area contributed by atoms with E-state index in [0.717, 1.165) is 17.0 Å². The summed E-state index contributed by atoms with van der Waals surface area (Å²) in [6, 6.07) is 15.1. The fraction of sp³-hybridized carbons (Fsp3) is 0.217. The molecular weight excluding hydrogens is 380 g/mol. The first-order chi connectivity index (χ1) is 14.6. The lowest BCUT2D eigenvalue weighted by molar-refractivity contribution is 0.0728. The third kappa shape index (κ3) is 3.28. The molecule has 0 bridgehead atoms. The number of hydrogen-bond acceptors (Lipinski definition) is 5. The molecule has 2 aromatic carbocycles. The van der Waals surface area contributed by atoms with Gasteiger partial charge in [0, 0.05) is 32.0 Å². The number of carbonyl (C=O) groups excluding carboxylic acids is 1. The monoisotopic (exact) mass is 400 g/mol. The van der Waals surface area contributed by atoms with E-state index >= 15 is 0 Å². The van der Waals surface area contributed by atoms with Gasteiger partial charge in [-0.05, 0) is 23.8 Å². The Kier molecular flexibility index (Phi) is 4.43. The van der Waals surface area contributed by atoms with Crippen molar-refractivity contribution in [3.63, 3.8) is 0 Å². The average Bonchev–Trinajstić information content (AvgIpc) is 3.17. The predicted molar refractivity (Wildman–Crippen MR) is 111 cm³/mol. The fourth-order valence-electron chi connectivity index (χ4n) is 3.80. The Morgan fingerprint density at radius 2 is 2.00 bits per heavy atom. The minimum atomic E-state index is -0.129. The van der Waals surface area contributed by atoms with Crippen LogP contribution in [0.15, 0.2) is 64.1 Å². The summed E-state index contributed by atoms with van der Waals surface area (Å²) in [5, 5.41) is 0.500. The van der Waals surface area contributed by atoms with E-state index in [9.17, 15) is 9.59 Å². The van der Waals surface area contributed by atoms with Gasteiger partial charge in [-0.1, -0.05) is 30.3 Å². The van der Waals surface area contributed by atoms with Gasteiger partial charge in [-0.25, -0.2) is 9.97 Å². The Balaban J connectivity index is 1.37. The number of fused-ring (bicyclic) bond motifs is 2. The lowest BCUT2D eigenvalue weighted by Crippen LogP contribution is -2.35. The van der Waals surface area contributed by atoms with Crippen LogP contribution in [0, 0.1) is 0 Å². The summed E-state index contributed by atoms with van der Waals surface area (Å²) in [6.45, 7) is 0.975. The second-order valence-corrected chi connectivity index (χ2v) is 7.51. The van der Waals surface area contributed by atoms with E-state index in [1.54, 1.807) is 30.1 Å². The molecule has 0 radical (unpaired) electrons. The van der Waals surface area contributed by atoms with Crippen molar-refractivity contribution in [3.05, 3.63) is 93.7 Å². The summed E-state index contributed by atoms with van der Waals surface area (Å²) in [5.41, 5.74) is 2.86. The summed E-state index contributed by atoms with van der Waals surface area (Å²) in [5.74, 6) is 1.43. The summed E-state index contributed by atoms with van der Waals surface area (Å²) in [6.07, 6.45) is 2.73. The van der Waals surface area contributed by atoms with Gasteiger partial charge in [0.2, 0.25) is 0 Å². The SMILES string of the molecule is Cn1cnc2cc(C(=O)N3CCc4oc(Cc5ccccc5)nc4C3)ccc2c1=O. The largest absolute Gasteiger partial charge is 0.445 e. The van der Waals surface area contributed by atoms with E-state index in [-0.39, 0.29) is 11.5 Å². The molecule has 0 saturated carbocycles. The molecule has 150 valence electrons. The highest BCUT2D eigenvalue weighted by molar-refractivity contribution is 5.97. The van der Waals surface area contributed by atoms with Crippen LogP contribution >= 0.6 is 0 Å². The number of rotatable bonds is 3. The molecular formula is C23H20N4O3. The van der Waals surface area contributed by atoms with Crippen molar-refractivity contribution < 1.29 is 9.21 Å². The van der Waals surface area contributed by atoms with Crippen molar-refractivity contribution in [1.29, 1.82) is 0 Å². The molecule has 0 fully saturated rings. The van der Waals surface area contributed by atoms with Crippen molar-refractivity contribution >= 4 is 16.8 Å². The summed E-state index contributed by atoms with van der Waals surface area (Å²) >= 11 is 0. The van der Waals surface area contributed by atoms with Crippen molar-refractivity contribution in [2.24, 2.45) is 7.05 Å². The van der Waals surface area contributed by atoms with Gasteiger partial charge in [-0.3, -0.25) is 9.59 Å². The number of benzene rings is 2. The summed E-state index contributed by atoms with van der Waals surface area (Å²) < 4.78 is 7.35. The van der Waals surface area contributed by atoms with Gasteiger partial charge >= 0.3 is 0 Å². The van der Waals surface area contributed by atoms with Crippen LogP contribution in [0.5, 0.6) is 0 Å². The van der Waals surface area contributed by atoms with E-state index in [2.05, 4.69) is 9.97 Å². The first-order valence-electron chi connectivity index (χ1n) is 9.84. The van der Waals surface area contributed by atoms with Crippen LogP contribution < -0.4 is 5.56 Å². The number of aromatic nitrogens is 3. The molecule has 1 amide bonds. The maximum absolute atomic E-state index is 13.1. The third-order valence-electron chi connectivity index (χ3n) is 5.42. The van der Waals surface area contributed by atoms with Crippen molar-refractivity contribution in [3.8, 4) is 0 Å². The Labute approximate surface area is 172 Å². The Morgan fingerprint density at radius 1 is 1.17 bits per heavy atom. The van der Waals surface area contributed by atoms with Gasteiger partial charge in [-0.2, -0.15) is 0 Å². The van der Waals surface area contributed by atoms with Gasteiger partial charge in [0.15, 0.2) is 5.89 Å². The van der Waals surface area contributed by atoms with Gasteiger partial charge < -0.3 is 13.9 Å². The van der Waals surface area contributed by atoms with Crippen molar-refractivity contribution in [1.82, 2.24) is 19.4 Å². The molecule has 0 unspecified atom stereocenters. The zero-order valence-electron chi connectivity index (χ0n) is 16.5. The third-order valence-corrected chi connectivity index (χ3v) is 5.42. The molecule has 7 nitrogen and oxygen atoms in total. The highest BCUT2D eigenvalue weighted by Crippen LogP contribution is 2.23. The van der Waals surface area contributed by atoms with Gasteiger partial charge in [0.05, 0.1) is 23.8 Å². The number of amides is 1. The van der Waals surface area contributed by atoms with E-state index in [1.807, 2.05) is 30.3 Å². The summed E-state index contributed by atoms with van der Waals surface area (Å²) in [7, 11) is 1.66. The highest BCUT2D eigenvalue weighted by atomic mass is 16.4. The molecule has 0 spiro atoms. The first kappa shape index (κ1) is 18.3. The van der Waals surface area contributed by atoms with E-state index in [4.69, 9.17) is 4.42 Å². The molecule has 1 aliphatic rings. The fourth-order valence-corrected chi connectivity index (χ4v) is 3.80. The Hall–Kier alpha value is -3.74. The number of oxazole rings is 1. The van der Waals surface area contributed by atoms with Crippen molar-refractivity contribution in [2.45, 2.75) is 19.4 Å². The lowest BCUT2D eigenvalue weighted by atomic mass is 10.1. The maximum atomic E-state index is 13.1. The molecule has 4 aromatic rings. The van der Waals surface area contributed by atoms with Crippen LogP contribution in [-0.2, 0) is 26.4 Å². The molecule has 30 heavy (non-hydrogen) atoms. The van der Waals surface area contributed by atoms with Crippen LogP contribution in [0.4, 0.5) is 0 Å². The zero-order valence-corrected chi connectivity index (χ0v) is 16.5. The molecule has 0 saturated heterocycles. The number of aryl methyl sites for hydroxylation is 1. The van der Waals surface area contributed by atoms with Crippen LogP contribution in [0.3, 0.4) is 0 Å². The van der Waals surface area contributed by atoms with Crippen LogP contribution in [0.25, 0.3) is 10.9 Å². The maximum Gasteiger partial charge on any atom is 0.260 e. The van der Waals surface area contributed by atoms with Crippen LogP contribution in [0.1, 0.15) is 33.3 Å². The zero-order chi connectivity index (χ0) is 20.7. The van der Waals surface area contributed by atoms with E-state index in [1.165, 1.54) is 10.9 Å². The topological polar surface area (TPSA) is 81.2 Å². The smallest absolute Gasteiger partial charge is 0.260 e. The Bertz CT molecular complexity index is 1310. The molecule has 3 heterocycles. The molecule has 2 aromatic heterocycles. The standard InChI is InChI=1S/C23H20N4O3/c1-26-14-24-18-12-16(7-8-17(18)23(26)29)22(28)27-10-9-20-19(13-27)25-21(30-20)11-15-5-3-2-4-6-15/h2-8,12,14H,9-11,13H2,1H3. The van der Waals surface area contributed by atoms with Crippen molar-refractivity contribution in [2.75, 3.05) is 6.54 Å². The number of nitrogens with zero attached hydrogens (tertiary/aromatic N) is 4. The lowest BCUT2D eigenvalue weighted by Gasteiger charge is -2.25. The minimum Gasteiger partial charge on any atom is -0.445 e. The highest BCUT2D eigenvalue weighted by Gasteiger charge is 2.26. The molecule has 0 aliphatic carbocycles. The quantitative estimate of drug-likeness (QED) is 0.528. The van der Waals surface area contributed by atoms with Crippen LogP contribution in [0.2, 0.25) is 0 Å². The van der Waals surface area contributed by atoms with Gasteiger partial charge in [-0.15, -0.1) is 0 Å². The summed E-state index contributed by atoms with van der Waals surface area (Å²) in [4.78, 5) is 35.9. The molecule has 1 aliphatic heterocycles. The average molecular weight is 400 g/mol. The predicted octanol–water partition coefficient (Wildman–Crippen LogP) is 2.71. The van der Waals surface area contributed by atoms with E-state index in [0.29, 0.717) is 48.3 Å². The number of hydrogen-bond donors (Lipinski definition) is 0. The molecule has 5 rings (SSSR count).